The van der Waals surface area contributed by atoms with Crippen molar-refractivity contribution in [3.05, 3.63) is 46.8 Å². The third kappa shape index (κ3) is 4.56. The molecule has 0 fully saturated rings. The Morgan fingerprint density at radius 2 is 1.76 bits per heavy atom. The zero-order chi connectivity index (χ0) is 15.5. The smallest absolute Gasteiger partial charge is 0.271 e. The molecule has 6 heteroatoms. The van der Waals surface area contributed by atoms with Crippen molar-refractivity contribution in [3.63, 3.8) is 0 Å². The Kier molecular flexibility index (Phi) is 5.03. The van der Waals surface area contributed by atoms with Gasteiger partial charge in [-0.15, -0.1) is 11.3 Å². The second kappa shape index (κ2) is 6.60. The van der Waals surface area contributed by atoms with Crippen LogP contribution in [-0.2, 0) is 16.6 Å². The number of sulfonamides is 1. The molecular formula is C15H20N2O2S2. The van der Waals surface area contributed by atoms with Crippen molar-refractivity contribution in [2.24, 2.45) is 0 Å². The van der Waals surface area contributed by atoms with Gasteiger partial charge in [0.1, 0.15) is 4.21 Å². The predicted octanol–water partition coefficient (Wildman–Crippen LogP) is 3.36. The maximum Gasteiger partial charge on any atom is 0.271 e. The van der Waals surface area contributed by atoms with Crippen LogP contribution in [-0.4, -0.2) is 14.5 Å². The van der Waals surface area contributed by atoms with Crippen LogP contribution in [0.15, 0.2) is 40.6 Å². The van der Waals surface area contributed by atoms with E-state index in [0.29, 0.717) is 22.5 Å². The maximum absolute atomic E-state index is 12.3. The number of hydrogen-bond donors (Lipinski definition) is 2. The zero-order valence-corrected chi connectivity index (χ0v) is 14.0. The number of anilines is 1. The molecule has 2 N–H and O–H groups in total. The minimum Gasteiger partial charge on any atom is -0.310 e. The van der Waals surface area contributed by atoms with Crippen LogP contribution in [0.5, 0.6) is 0 Å². The number of aryl methyl sites for hydroxylation is 1. The Labute approximate surface area is 130 Å². The first kappa shape index (κ1) is 16.0. The quantitative estimate of drug-likeness (QED) is 0.856. The molecule has 1 heterocycles. The molecule has 0 atom stereocenters. The largest absolute Gasteiger partial charge is 0.310 e. The van der Waals surface area contributed by atoms with Crippen LogP contribution < -0.4 is 10.0 Å². The number of thiophene rings is 1. The van der Waals surface area contributed by atoms with Crippen molar-refractivity contribution >= 4 is 27.0 Å². The van der Waals surface area contributed by atoms with Crippen molar-refractivity contribution in [1.29, 1.82) is 0 Å². The van der Waals surface area contributed by atoms with Gasteiger partial charge >= 0.3 is 0 Å². The summed E-state index contributed by atoms with van der Waals surface area (Å²) >= 11 is 1.29. The summed E-state index contributed by atoms with van der Waals surface area (Å²) in [6, 6.07) is 11.2. The number of nitrogens with one attached hydrogen (secondary N) is 2. The third-order valence-corrected chi connectivity index (χ3v) is 5.85. The molecule has 0 unspecified atom stereocenters. The summed E-state index contributed by atoms with van der Waals surface area (Å²) in [5.74, 6) is 0. The lowest BCUT2D eigenvalue weighted by molar-refractivity contribution is 0.593. The van der Waals surface area contributed by atoms with Gasteiger partial charge in [-0.25, -0.2) is 8.42 Å². The van der Waals surface area contributed by atoms with Gasteiger partial charge in [0.05, 0.1) is 0 Å². The van der Waals surface area contributed by atoms with Crippen LogP contribution >= 0.6 is 11.3 Å². The van der Waals surface area contributed by atoms with Gasteiger partial charge in [0.15, 0.2) is 0 Å². The summed E-state index contributed by atoms with van der Waals surface area (Å²) in [4.78, 5) is 1.01. The summed E-state index contributed by atoms with van der Waals surface area (Å²) in [6.07, 6.45) is 0. The molecule has 0 saturated heterocycles. The van der Waals surface area contributed by atoms with Gasteiger partial charge in [-0.1, -0.05) is 31.5 Å². The predicted molar refractivity (Wildman–Crippen MR) is 88.3 cm³/mol. The third-order valence-electron chi connectivity index (χ3n) is 2.89. The highest BCUT2D eigenvalue weighted by Gasteiger charge is 2.17. The lowest BCUT2D eigenvalue weighted by Crippen LogP contribution is -2.21. The molecule has 0 saturated carbocycles. The van der Waals surface area contributed by atoms with Crippen LogP contribution in [0.25, 0.3) is 0 Å². The summed E-state index contributed by atoms with van der Waals surface area (Å²) in [7, 11) is -3.50. The molecule has 21 heavy (non-hydrogen) atoms. The minimum absolute atomic E-state index is 0.337. The first-order chi connectivity index (χ1) is 9.87. The molecule has 0 bridgehead atoms. The number of benzene rings is 1. The SMILES string of the molecule is Cc1ccc(NS(=O)(=O)c2ccc(CNC(C)C)s2)cc1. The van der Waals surface area contributed by atoms with E-state index in [1.165, 1.54) is 11.3 Å². The summed E-state index contributed by atoms with van der Waals surface area (Å²) in [6.45, 7) is 6.77. The summed E-state index contributed by atoms with van der Waals surface area (Å²) in [5.41, 5.74) is 1.67. The lowest BCUT2D eigenvalue weighted by atomic mass is 10.2. The van der Waals surface area contributed by atoms with Gasteiger partial charge in [0.2, 0.25) is 0 Å². The zero-order valence-electron chi connectivity index (χ0n) is 12.4. The molecule has 0 aliphatic carbocycles. The van der Waals surface area contributed by atoms with Crippen LogP contribution in [0, 0.1) is 6.92 Å². The standard InChI is InChI=1S/C15H20N2O2S2/c1-11(2)16-10-14-8-9-15(20-14)21(18,19)17-13-6-4-12(3)5-7-13/h4-9,11,16-17H,10H2,1-3H3. The van der Waals surface area contributed by atoms with Crippen LogP contribution in [0.3, 0.4) is 0 Å². The maximum atomic E-state index is 12.3. The van der Waals surface area contributed by atoms with Crippen molar-refractivity contribution in [2.45, 2.75) is 37.6 Å². The Morgan fingerprint density at radius 1 is 1.10 bits per heavy atom. The van der Waals surface area contributed by atoms with E-state index >= 15 is 0 Å². The van der Waals surface area contributed by atoms with E-state index in [-0.39, 0.29) is 0 Å². The van der Waals surface area contributed by atoms with Gasteiger partial charge in [-0.05, 0) is 31.2 Å². The minimum atomic E-state index is -3.50. The topological polar surface area (TPSA) is 58.2 Å². The van der Waals surface area contributed by atoms with Gasteiger partial charge in [-0.3, -0.25) is 4.72 Å². The Bertz CT molecular complexity index is 689. The molecule has 1 aromatic heterocycles. The normalized spacial score (nSPS) is 11.8. The second-order valence-corrected chi connectivity index (χ2v) is 8.31. The van der Waals surface area contributed by atoms with E-state index in [1.54, 1.807) is 18.2 Å². The Hall–Kier alpha value is -1.37. The van der Waals surface area contributed by atoms with E-state index < -0.39 is 10.0 Å². The Balaban J connectivity index is 2.10. The van der Waals surface area contributed by atoms with Gasteiger partial charge in [0.25, 0.3) is 10.0 Å². The van der Waals surface area contributed by atoms with Crippen molar-refractivity contribution in [1.82, 2.24) is 5.32 Å². The number of hydrogen-bond acceptors (Lipinski definition) is 4. The highest BCUT2D eigenvalue weighted by Crippen LogP contribution is 2.24. The van der Waals surface area contributed by atoms with E-state index in [2.05, 4.69) is 23.9 Å². The van der Waals surface area contributed by atoms with Crippen LogP contribution in [0.4, 0.5) is 5.69 Å². The van der Waals surface area contributed by atoms with E-state index in [1.807, 2.05) is 25.1 Å². The molecule has 2 rings (SSSR count). The first-order valence-electron chi connectivity index (χ1n) is 6.78. The fraction of sp³-hybridized carbons (Fsp3) is 0.333. The molecular weight excluding hydrogens is 304 g/mol. The van der Waals surface area contributed by atoms with Gasteiger partial charge in [0, 0.05) is 23.2 Å². The van der Waals surface area contributed by atoms with Gasteiger partial charge < -0.3 is 5.32 Å². The monoisotopic (exact) mass is 324 g/mol. The molecule has 0 aliphatic heterocycles. The highest BCUT2D eigenvalue weighted by atomic mass is 32.2. The molecule has 1 aromatic carbocycles. The average molecular weight is 324 g/mol. The molecule has 0 aliphatic rings. The summed E-state index contributed by atoms with van der Waals surface area (Å²) in [5, 5.41) is 3.28. The molecule has 4 nitrogen and oxygen atoms in total. The van der Waals surface area contributed by atoms with Crippen molar-refractivity contribution < 1.29 is 8.42 Å². The molecule has 0 radical (unpaired) electrons. The molecule has 2 aromatic rings. The highest BCUT2D eigenvalue weighted by molar-refractivity contribution is 7.94. The van der Waals surface area contributed by atoms with E-state index in [4.69, 9.17) is 0 Å². The second-order valence-electron chi connectivity index (χ2n) is 5.23. The van der Waals surface area contributed by atoms with Crippen molar-refractivity contribution in [2.75, 3.05) is 4.72 Å². The van der Waals surface area contributed by atoms with E-state index in [0.717, 1.165) is 10.4 Å². The fourth-order valence-electron chi connectivity index (χ4n) is 1.73. The summed E-state index contributed by atoms with van der Waals surface area (Å²) < 4.78 is 27.6. The molecule has 0 amide bonds. The van der Waals surface area contributed by atoms with Crippen LogP contribution in [0.1, 0.15) is 24.3 Å². The van der Waals surface area contributed by atoms with Crippen molar-refractivity contribution in [3.8, 4) is 0 Å². The first-order valence-corrected chi connectivity index (χ1v) is 9.08. The Morgan fingerprint density at radius 3 is 2.38 bits per heavy atom. The molecule has 114 valence electrons. The number of rotatable bonds is 6. The average Bonchev–Trinajstić information content (AvgIpc) is 2.88. The fourth-order valence-corrected chi connectivity index (χ4v) is 4.09. The van der Waals surface area contributed by atoms with E-state index in [9.17, 15) is 8.42 Å². The molecule has 0 spiro atoms. The van der Waals surface area contributed by atoms with Gasteiger partial charge in [-0.2, -0.15) is 0 Å². The lowest BCUT2D eigenvalue weighted by Gasteiger charge is -2.07. The van der Waals surface area contributed by atoms with Crippen LogP contribution in [0.2, 0.25) is 0 Å².